The molecule has 0 fully saturated rings. The van der Waals surface area contributed by atoms with E-state index in [0.717, 1.165) is 0 Å². The molecule has 0 aliphatic carbocycles. The maximum absolute atomic E-state index is 2.39. The molecule has 0 saturated carbocycles. The van der Waals surface area contributed by atoms with Crippen LogP contribution in [0, 0.1) is 0 Å². The number of fused-ring (bicyclic) bond motifs is 6. The summed E-state index contributed by atoms with van der Waals surface area (Å²) in [5.41, 5.74) is 8.67. The third-order valence-corrected chi connectivity index (χ3v) is 6.94. The summed E-state index contributed by atoms with van der Waals surface area (Å²) in [5, 5.41) is 5.16. The Labute approximate surface area is 191 Å². The second kappa shape index (κ2) is 6.85. The molecule has 2 heterocycles. The molecule has 7 aromatic rings. The van der Waals surface area contributed by atoms with Crippen molar-refractivity contribution in [2.24, 2.45) is 7.05 Å². The third-order valence-electron chi connectivity index (χ3n) is 6.94. The largest absolute Gasteiger partial charge is 0.344 e. The molecule has 2 nitrogen and oxygen atoms in total. The van der Waals surface area contributed by atoms with Crippen LogP contribution < -0.4 is 0 Å². The molecular formula is C31H22N2. The monoisotopic (exact) mass is 422 g/mol. The quantitative estimate of drug-likeness (QED) is 0.266. The molecule has 0 radical (unpaired) electrons. The number of nitrogens with zero attached hydrogens (tertiary/aromatic N) is 2. The van der Waals surface area contributed by atoms with Crippen molar-refractivity contribution in [2.75, 3.05) is 0 Å². The highest BCUT2D eigenvalue weighted by Crippen LogP contribution is 2.36. The molecule has 0 saturated heterocycles. The lowest BCUT2D eigenvalue weighted by Gasteiger charge is -2.09. The molecule has 2 aromatic heterocycles. The average molecular weight is 423 g/mol. The van der Waals surface area contributed by atoms with Gasteiger partial charge in [0.2, 0.25) is 0 Å². The van der Waals surface area contributed by atoms with Crippen molar-refractivity contribution in [3.8, 4) is 16.8 Å². The van der Waals surface area contributed by atoms with Gasteiger partial charge in [-0.25, -0.2) is 0 Å². The van der Waals surface area contributed by atoms with Crippen LogP contribution in [-0.2, 0) is 7.05 Å². The lowest BCUT2D eigenvalue weighted by Crippen LogP contribution is -1.94. The van der Waals surface area contributed by atoms with E-state index in [1.165, 1.54) is 60.4 Å². The number of aryl methyl sites for hydroxylation is 1. The van der Waals surface area contributed by atoms with Crippen molar-refractivity contribution in [3.05, 3.63) is 115 Å². The Kier molecular flexibility index (Phi) is 3.80. The molecule has 2 heteroatoms. The summed E-state index contributed by atoms with van der Waals surface area (Å²) in [7, 11) is 2.17. The van der Waals surface area contributed by atoms with E-state index >= 15 is 0 Å². The van der Waals surface area contributed by atoms with Crippen LogP contribution in [0.4, 0.5) is 0 Å². The summed E-state index contributed by atoms with van der Waals surface area (Å²) in [6, 6.07) is 41.6. The van der Waals surface area contributed by atoms with Gasteiger partial charge in [0.15, 0.2) is 0 Å². The topological polar surface area (TPSA) is 9.86 Å². The smallest absolute Gasteiger partial charge is 0.0541 e. The van der Waals surface area contributed by atoms with Crippen molar-refractivity contribution in [3.63, 3.8) is 0 Å². The Morgan fingerprint density at radius 3 is 1.79 bits per heavy atom. The minimum Gasteiger partial charge on any atom is -0.344 e. The highest BCUT2D eigenvalue weighted by atomic mass is 15.0. The highest BCUT2D eigenvalue weighted by Gasteiger charge is 2.14. The van der Waals surface area contributed by atoms with Gasteiger partial charge in [-0.05, 0) is 47.5 Å². The molecule has 0 aliphatic heterocycles. The predicted molar refractivity (Wildman–Crippen MR) is 140 cm³/mol. The minimum atomic E-state index is 1.19. The van der Waals surface area contributed by atoms with Crippen molar-refractivity contribution in [1.29, 1.82) is 0 Å². The second-order valence-electron chi connectivity index (χ2n) is 8.73. The van der Waals surface area contributed by atoms with Crippen LogP contribution in [0.2, 0.25) is 0 Å². The summed E-state index contributed by atoms with van der Waals surface area (Å²) in [6.45, 7) is 0. The van der Waals surface area contributed by atoms with Crippen LogP contribution in [0.15, 0.2) is 115 Å². The van der Waals surface area contributed by atoms with Crippen molar-refractivity contribution in [2.45, 2.75) is 0 Å². The van der Waals surface area contributed by atoms with E-state index in [1.54, 1.807) is 0 Å². The zero-order valence-electron chi connectivity index (χ0n) is 18.4. The second-order valence-corrected chi connectivity index (χ2v) is 8.73. The lowest BCUT2D eigenvalue weighted by atomic mass is 10.0. The van der Waals surface area contributed by atoms with Gasteiger partial charge < -0.3 is 9.13 Å². The van der Waals surface area contributed by atoms with Gasteiger partial charge in [0.1, 0.15) is 0 Å². The normalized spacial score (nSPS) is 11.8. The molecule has 0 aliphatic rings. The first kappa shape index (κ1) is 18.3. The Morgan fingerprint density at radius 1 is 0.424 bits per heavy atom. The van der Waals surface area contributed by atoms with Gasteiger partial charge >= 0.3 is 0 Å². The van der Waals surface area contributed by atoms with E-state index in [9.17, 15) is 0 Å². The average Bonchev–Trinajstić information content (AvgIpc) is 3.36. The molecule has 0 amide bonds. The van der Waals surface area contributed by atoms with Crippen LogP contribution in [0.1, 0.15) is 0 Å². The highest BCUT2D eigenvalue weighted by molar-refractivity contribution is 6.11. The zero-order chi connectivity index (χ0) is 21.9. The van der Waals surface area contributed by atoms with E-state index in [0.29, 0.717) is 0 Å². The third kappa shape index (κ3) is 2.61. The van der Waals surface area contributed by atoms with Gasteiger partial charge in [-0.15, -0.1) is 0 Å². The maximum Gasteiger partial charge on any atom is 0.0541 e. The lowest BCUT2D eigenvalue weighted by molar-refractivity contribution is 1.01. The summed E-state index contributed by atoms with van der Waals surface area (Å²) in [5.74, 6) is 0. The van der Waals surface area contributed by atoms with E-state index in [4.69, 9.17) is 0 Å². The van der Waals surface area contributed by atoms with E-state index in [2.05, 4.69) is 131 Å². The number of aromatic nitrogens is 2. The Hall–Kier alpha value is -4.30. The SMILES string of the molecule is Cn1c2ccc(-c3ccccc3)cc2c2ccc(-n3c4ccccc4c4ccccc43)cc21. The van der Waals surface area contributed by atoms with Gasteiger partial charge in [0, 0.05) is 39.8 Å². The van der Waals surface area contributed by atoms with Crippen LogP contribution >= 0.6 is 0 Å². The Bertz CT molecular complexity index is 1760. The summed E-state index contributed by atoms with van der Waals surface area (Å²) >= 11 is 0. The number of hydrogen-bond donors (Lipinski definition) is 0. The maximum atomic E-state index is 2.39. The molecule has 33 heavy (non-hydrogen) atoms. The van der Waals surface area contributed by atoms with Crippen molar-refractivity contribution >= 4 is 43.6 Å². The van der Waals surface area contributed by atoms with E-state index in [-0.39, 0.29) is 0 Å². The summed E-state index contributed by atoms with van der Waals surface area (Å²) in [6.07, 6.45) is 0. The first-order valence-corrected chi connectivity index (χ1v) is 11.4. The van der Waals surface area contributed by atoms with Gasteiger partial charge in [-0.3, -0.25) is 0 Å². The number of benzene rings is 5. The minimum absolute atomic E-state index is 1.19. The fourth-order valence-corrected chi connectivity index (χ4v) is 5.35. The van der Waals surface area contributed by atoms with Gasteiger partial charge in [0.25, 0.3) is 0 Å². The van der Waals surface area contributed by atoms with Gasteiger partial charge in [-0.2, -0.15) is 0 Å². The molecular weight excluding hydrogens is 400 g/mol. The van der Waals surface area contributed by atoms with Crippen molar-refractivity contribution < 1.29 is 0 Å². The first-order chi connectivity index (χ1) is 16.3. The van der Waals surface area contributed by atoms with E-state index < -0.39 is 0 Å². The fourth-order valence-electron chi connectivity index (χ4n) is 5.35. The van der Waals surface area contributed by atoms with Gasteiger partial charge in [0.05, 0.1) is 16.6 Å². The van der Waals surface area contributed by atoms with Gasteiger partial charge in [-0.1, -0.05) is 78.9 Å². The van der Waals surface area contributed by atoms with Crippen LogP contribution in [0.5, 0.6) is 0 Å². The zero-order valence-corrected chi connectivity index (χ0v) is 18.4. The van der Waals surface area contributed by atoms with Crippen LogP contribution in [-0.4, -0.2) is 9.13 Å². The number of hydrogen-bond acceptors (Lipinski definition) is 0. The number of rotatable bonds is 2. The Morgan fingerprint density at radius 2 is 1.06 bits per heavy atom. The summed E-state index contributed by atoms with van der Waals surface area (Å²) < 4.78 is 4.70. The number of para-hydroxylation sites is 2. The molecule has 0 bridgehead atoms. The first-order valence-electron chi connectivity index (χ1n) is 11.4. The molecule has 0 atom stereocenters. The van der Waals surface area contributed by atoms with Crippen LogP contribution in [0.25, 0.3) is 60.4 Å². The summed E-state index contributed by atoms with van der Waals surface area (Å²) in [4.78, 5) is 0. The molecule has 156 valence electrons. The van der Waals surface area contributed by atoms with Crippen molar-refractivity contribution in [1.82, 2.24) is 9.13 Å². The fraction of sp³-hybridized carbons (Fsp3) is 0.0323. The molecule has 5 aromatic carbocycles. The molecule has 0 unspecified atom stereocenters. The molecule has 0 N–H and O–H groups in total. The molecule has 7 rings (SSSR count). The standard InChI is InChI=1S/C31H22N2/c1-32-28-18-15-22(21-9-3-2-4-10-21)19-27(28)26-17-16-23(20-31(26)32)33-29-13-7-5-11-24(29)25-12-6-8-14-30(25)33/h2-20H,1H3. The van der Waals surface area contributed by atoms with E-state index in [1.807, 2.05) is 0 Å². The Balaban J connectivity index is 1.50. The molecule has 0 spiro atoms. The predicted octanol–water partition coefficient (Wildman–Crippen LogP) is 8.10. The van der Waals surface area contributed by atoms with Crippen LogP contribution in [0.3, 0.4) is 0 Å².